The largest absolute Gasteiger partial charge is 0.315 e. The van der Waals surface area contributed by atoms with Crippen LogP contribution < -0.4 is 5.32 Å². The van der Waals surface area contributed by atoms with E-state index in [4.69, 9.17) is 6.42 Å². The van der Waals surface area contributed by atoms with Crippen molar-refractivity contribution < 1.29 is 4.79 Å². The van der Waals surface area contributed by atoms with E-state index in [0.29, 0.717) is 0 Å². The zero-order valence-electron chi connectivity index (χ0n) is 5.40. The van der Waals surface area contributed by atoms with Gasteiger partial charge >= 0.3 is 0 Å². The van der Waals surface area contributed by atoms with E-state index in [2.05, 4.69) is 11.2 Å². The van der Waals surface area contributed by atoms with Gasteiger partial charge in [-0.05, 0) is 12.8 Å². The summed E-state index contributed by atoms with van der Waals surface area (Å²) >= 11 is 0. The molecule has 0 radical (unpaired) electrons. The van der Waals surface area contributed by atoms with Gasteiger partial charge in [-0.25, -0.2) is 0 Å². The molecule has 9 heavy (non-hydrogen) atoms. The summed E-state index contributed by atoms with van der Waals surface area (Å²) in [4.78, 5) is 10.8. The first-order chi connectivity index (χ1) is 4.19. The molecular weight excluding hydrogens is 114 g/mol. The van der Waals surface area contributed by atoms with Crippen molar-refractivity contribution in [3.8, 4) is 12.3 Å². The SMILES string of the molecule is C#CC(=O)C1(C)CNC1. The molecule has 2 nitrogen and oxygen atoms in total. The minimum atomic E-state index is -0.255. The summed E-state index contributed by atoms with van der Waals surface area (Å²) in [6.45, 7) is 3.34. The first-order valence-corrected chi connectivity index (χ1v) is 2.91. The van der Waals surface area contributed by atoms with Crippen LogP contribution >= 0.6 is 0 Å². The van der Waals surface area contributed by atoms with Gasteiger partial charge in [0.1, 0.15) is 0 Å². The van der Waals surface area contributed by atoms with E-state index in [1.165, 1.54) is 0 Å². The monoisotopic (exact) mass is 123 g/mol. The van der Waals surface area contributed by atoms with Crippen molar-refractivity contribution in [1.29, 1.82) is 0 Å². The molecule has 0 spiro atoms. The number of Topliss-reactive ketones (excluding diaryl/α,β-unsaturated/α-hetero) is 1. The molecule has 0 aliphatic carbocycles. The van der Waals surface area contributed by atoms with E-state index in [1.807, 2.05) is 6.92 Å². The third-order valence-electron chi connectivity index (χ3n) is 1.71. The lowest BCUT2D eigenvalue weighted by Gasteiger charge is -2.35. The van der Waals surface area contributed by atoms with Crippen LogP contribution in [0.4, 0.5) is 0 Å². The van der Waals surface area contributed by atoms with Gasteiger partial charge in [-0.1, -0.05) is 0 Å². The normalized spacial score (nSPS) is 21.8. The Morgan fingerprint density at radius 3 is 2.44 bits per heavy atom. The molecule has 0 atom stereocenters. The fourth-order valence-electron chi connectivity index (χ4n) is 0.835. The molecule has 48 valence electrons. The van der Waals surface area contributed by atoms with Crippen molar-refractivity contribution in [1.82, 2.24) is 5.32 Å². The van der Waals surface area contributed by atoms with Crippen LogP contribution in [0.2, 0.25) is 0 Å². The number of carbonyl (C=O) groups excluding carboxylic acids is 1. The van der Waals surface area contributed by atoms with Gasteiger partial charge in [-0.15, -0.1) is 6.42 Å². The first kappa shape index (κ1) is 6.31. The molecule has 0 amide bonds. The number of rotatable bonds is 1. The van der Waals surface area contributed by atoms with Gasteiger partial charge in [-0.2, -0.15) is 0 Å². The Labute approximate surface area is 54.6 Å². The van der Waals surface area contributed by atoms with Crippen molar-refractivity contribution in [2.45, 2.75) is 6.92 Å². The summed E-state index contributed by atoms with van der Waals surface area (Å²) in [7, 11) is 0. The third-order valence-corrected chi connectivity index (χ3v) is 1.71. The molecule has 0 unspecified atom stereocenters. The molecule has 0 aromatic carbocycles. The zero-order valence-corrected chi connectivity index (χ0v) is 5.40. The van der Waals surface area contributed by atoms with Crippen LogP contribution in [0.3, 0.4) is 0 Å². The molecule has 0 saturated carbocycles. The van der Waals surface area contributed by atoms with Gasteiger partial charge in [0.2, 0.25) is 5.78 Å². The lowest BCUT2D eigenvalue weighted by atomic mass is 9.80. The predicted octanol–water partition coefficient (Wildman–Crippen LogP) is -0.202. The van der Waals surface area contributed by atoms with Gasteiger partial charge in [0.15, 0.2) is 0 Å². The first-order valence-electron chi connectivity index (χ1n) is 2.91. The smallest absolute Gasteiger partial charge is 0.213 e. The molecular formula is C7H9NO. The van der Waals surface area contributed by atoms with Crippen molar-refractivity contribution in [2.75, 3.05) is 13.1 Å². The number of hydrogen-bond donors (Lipinski definition) is 1. The molecule has 1 aliphatic rings. The topological polar surface area (TPSA) is 29.1 Å². The number of ketones is 1. The minimum Gasteiger partial charge on any atom is -0.315 e. The second-order valence-corrected chi connectivity index (χ2v) is 2.64. The molecule has 1 heterocycles. The number of terminal acetylenes is 1. The fraction of sp³-hybridized carbons (Fsp3) is 0.571. The average Bonchev–Trinajstić information content (AvgIpc) is 1.81. The van der Waals surface area contributed by atoms with Crippen molar-refractivity contribution in [3.05, 3.63) is 0 Å². The number of hydrogen-bond acceptors (Lipinski definition) is 2. The molecule has 0 aromatic rings. The Hall–Kier alpha value is -0.810. The molecule has 1 fully saturated rings. The summed E-state index contributed by atoms with van der Waals surface area (Å²) in [5.74, 6) is 2.05. The Balaban J connectivity index is 2.62. The van der Waals surface area contributed by atoms with Crippen LogP contribution in [0.25, 0.3) is 0 Å². The lowest BCUT2D eigenvalue weighted by molar-refractivity contribution is -0.124. The van der Waals surface area contributed by atoms with Crippen LogP contribution in [0.1, 0.15) is 6.92 Å². The highest BCUT2D eigenvalue weighted by molar-refractivity contribution is 6.00. The van der Waals surface area contributed by atoms with E-state index < -0.39 is 0 Å². The van der Waals surface area contributed by atoms with E-state index >= 15 is 0 Å². The molecule has 1 aliphatic heterocycles. The minimum absolute atomic E-state index is 0.0822. The quantitative estimate of drug-likeness (QED) is 0.386. The molecule has 1 saturated heterocycles. The summed E-state index contributed by atoms with van der Waals surface area (Å²) in [5, 5.41) is 3.00. The maximum absolute atomic E-state index is 10.8. The maximum atomic E-state index is 10.8. The summed E-state index contributed by atoms with van der Waals surface area (Å²) in [6.07, 6.45) is 4.94. The molecule has 0 bridgehead atoms. The van der Waals surface area contributed by atoms with Gasteiger partial charge in [0, 0.05) is 13.1 Å². The zero-order chi connectivity index (χ0) is 6.91. The predicted molar refractivity (Wildman–Crippen MR) is 34.8 cm³/mol. The highest BCUT2D eigenvalue weighted by Crippen LogP contribution is 2.21. The van der Waals surface area contributed by atoms with Gasteiger partial charge < -0.3 is 5.32 Å². The van der Waals surface area contributed by atoms with E-state index in [9.17, 15) is 4.79 Å². The Bertz CT molecular complexity index is 174. The van der Waals surface area contributed by atoms with Crippen LogP contribution in [0.5, 0.6) is 0 Å². The van der Waals surface area contributed by atoms with Crippen molar-refractivity contribution in [3.63, 3.8) is 0 Å². The van der Waals surface area contributed by atoms with E-state index in [1.54, 1.807) is 0 Å². The van der Waals surface area contributed by atoms with E-state index in [-0.39, 0.29) is 11.2 Å². The highest BCUT2D eigenvalue weighted by atomic mass is 16.1. The van der Waals surface area contributed by atoms with Gasteiger partial charge in [-0.3, -0.25) is 4.79 Å². The Morgan fingerprint density at radius 2 is 2.33 bits per heavy atom. The summed E-state index contributed by atoms with van der Waals surface area (Å²) < 4.78 is 0. The summed E-state index contributed by atoms with van der Waals surface area (Å²) in [5.41, 5.74) is -0.255. The Kier molecular flexibility index (Phi) is 1.30. The molecule has 1 N–H and O–H groups in total. The second-order valence-electron chi connectivity index (χ2n) is 2.64. The highest BCUT2D eigenvalue weighted by Gasteiger charge is 2.37. The lowest BCUT2D eigenvalue weighted by Crippen LogP contribution is -2.55. The fourth-order valence-corrected chi connectivity index (χ4v) is 0.835. The average molecular weight is 123 g/mol. The standard InChI is InChI=1S/C7H9NO/c1-3-6(9)7(2)4-8-5-7/h1,8H,4-5H2,2H3. The van der Waals surface area contributed by atoms with Gasteiger partial charge in [0.25, 0.3) is 0 Å². The van der Waals surface area contributed by atoms with Gasteiger partial charge in [0.05, 0.1) is 5.41 Å². The third kappa shape index (κ3) is 0.839. The van der Waals surface area contributed by atoms with E-state index in [0.717, 1.165) is 13.1 Å². The van der Waals surface area contributed by atoms with Crippen molar-refractivity contribution in [2.24, 2.45) is 5.41 Å². The molecule has 1 rings (SSSR count). The van der Waals surface area contributed by atoms with Crippen LogP contribution in [-0.4, -0.2) is 18.9 Å². The summed E-state index contributed by atoms with van der Waals surface area (Å²) in [6, 6.07) is 0. The number of carbonyl (C=O) groups is 1. The van der Waals surface area contributed by atoms with Crippen LogP contribution in [0, 0.1) is 17.8 Å². The second kappa shape index (κ2) is 1.85. The van der Waals surface area contributed by atoms with Crippen molar-refractivity contribution >= 4 is 5.78 Å². The maximum Gasteiger partial charge on any atom is 0.213 e. The number of nitrogens with one attached hydrogen (secondary N) is 1. The molecule has 0 aromatic heterocycles. The van der Waals surface area contributed by atoms with Crippen LogP contribution in [0.15, 0.2) is 0 Å². The Morgan fingerprint density at radius 1 is 1.78 bits per heavy atom. The van der Waals surface area contributed by atoms with Crippen LogP contribution in [-0.2, 0) is 4.79 Å². The molecule has 2 heteroatoms.